The normalized spacial score (nSPS) is 11.8. The van der Waals surface area contributed by atoms with Gasteiger partial charge in [0.25, 0.3) is 0 Å². The van der Waals surface area contributed by atoms with Gasteiger partial charge in [0.05, 0.1) is 11.8 Å². The molecule has 0 radical (unpaired) electrons. The number of benzene rings is 2. The van der Waals surface area contributed by atoms with Crippen LogP contribution in [0.3, 0.4) is 0 Å². The molecule has 0 fully saturated rings. The number of Topliss-reactive ketones (excluding diaryl/α,β-unsaturated/α-hetero) is 1. The molecule has 3 rings (SSSR count). The van der Waals surface area contributed by atoms with E-state index in [1.807, 2.05) is 54.1 Å². The number of halogens is 1. The van der Waals surface area contributed by atoms with Gasteiger partial charge in [-0.2, -0.15) is 0 Å². The molecule has 0 spiro atoms. The minimum atomic E-state index is -0.0885. The number of thioether (sulfide) groups is 1. The van der Waals surface area contributed by atoms with Crippen LogP contribution in [0.5, 0.6) is 0 Å². The van der Waals surface area contributed by atoms with Crippen LogP contribution in [0.1, 0.15) is 35.8 Å². The number of carbonyl (C=O) groups is 2. The average molecular weight is 458 g/mol. The second-order valence-electron chi connectivity index (χ2n) is 6.31. The predicted octanol–water partition coefficient (Wildman–Crippen LogP) is 4.81. The van der Waals surface area contributed by atoms with Crippen LogP contribution in [0.2, 0.25) is 0 Å². The number of hydrogen-bond donors (Lipinski definition) is 1. The molecule has 0 aliphatic rings. The molecule has 1 heterocycles. The summed E-state index contributed by atoms with van der Waals surface area (Å²) in [6.07, 6.45) is 3.61. The van der Waals surface area contributed by atoms with Crippen molar-refractivity contribution < 1.29 is 9.59 Å². The van der Waals surface area contributed by atoms with E-state index in [0.717, 1.165) is 20.9 Å². The molecule has 5 nitrogen and oxygen atoms in total. The smallest absolute Gasteiger partial charge is 0.217 e. The van der Waals surface area contributed by atoms with E-state index in [4.69, 9.17) is 0 Å². The van der Waals surface area contributed by atoms with Gasteiger partial charge in [-0.1, -0.05) is 52.0 Å². The molecule has 7 heteroatoms. The van der Waals surface area contributed by atoms with E-state index in [1.165, 1.54) is 18.7 Å². The Morgan fingerprint density at radius 2 is 1.82 bits per heavy atom. The molecule has 0 unspecified atom stereocenters. The molecule has 0 saturated heterocycles. The lowest BCUT2D eigenvalue weighted by atomic mass is 10.0. The monoisotopic (exact) mass is 457 g/mol. The highest BCUT2D eigenvalue weighted by Gasteiger charge is 2.12. The Labute approximate surface area is 176 Å². The first kappa shape index (κ1) is 20.4. The number of ketones is 1. The lowest BCUT2D eigenvalue weighted by Crippen LogP contribution is -2.23. The van der Waals surface area contributed by atoms with E-state index < -0.39 is 0 Å². The van der Waals surface area contributed by atoms with Crippen LogP contribution >= 0.6 is 27.7 Å². The summed E-state index contributed by atoms with van der Waals surface area (Å²) in [6, 6.07) is 15.2. The van der Waals surface area contributed by atoms with Crippen LogP contribution in [0, 0.1) is 0 Å². The highest BCUT2D eigenvalue weighted by Crippen LogP contribution is 2.23. The zero-order valence-electron chi connectivity index (χ0n) is 15.6. The fourth-order valence-electron chi connectivity index (χ4n) is 2.75. The van der Waals surface area contributed by atoms with Crippen molar-refractivity contribution >= 4 is 39.4 Å². The third-order valence-electron chi connectivity index (χ3n) is 4.20. The Morgan fingerprint density at radius 1 is 1.14 bits per heavy atom. The molecule has 0 saturated carbocycles. The number of carbonyl (C=O) groups excluding carboxylic acids is 2. The minimum absolute atomic E-state index is 0.0362. The zero-order valence-corrected chi connectivity index (χ0v) is 18.0. The van der Waals surface area contributed by atoms with E-state index in [2.05, 4.69) is 26.2 Å². The van der Waals surface area contributed by atoms with E-state index in [9.17, 15) is 9.59 Å². The largest absolute Gasteiger partial charge is 0.350 e. The summed E-state index contributed by atoms with van der Waals surface area (Å²) in [5.74, 6) is 0.258. The topological polar surface area (TPSA) is 64.0 Å². The van der Waals surface area contributed by atoms with Gasteiger partial charge in [0.2, 0.25) is 5.91 Å². The van der Waals surface area contributed by atoms with Crippen molar-refractivity contribution in [3.05, 3.63) is 76.5 Å². The van der Waals surface area contributed by atoms with E-state index in [1.54, 1.807) is 18.3 Å². The molecule has 3 aromatic rings. The summed E-state index contributed by atoms with van der Waals surface area (Å²) in [4.78, 5) is 28.1. The number of imidazole rings is 1. The van der Waals surface area contributed by atoms with Gasteiger partial charge in [0.1, 0.15) is 0 Å². The summed E-state index contributed by atoms with van der Waals surface area (Å²) < 4.78 is 2.97. The van der Waals surface area contributed by atoms with Crippen LogP contribution < -0.4 is 5.32 Å². The Bertz CT molecular complexity index is 968. The number of hydrogen-bond acceptors (Lipinski definition) is 4. The van der Waals surface area contributed by atoms with Crippen LogP contribution in [0.4, 0.5) is 0 Å². The standard InChI is InChI=1S/C21H20BrN3O2S/c1-14(24-15(2)26)16-3-5-17(6-4-16)20(27)13-28-21-23-11-12-25(21)19-9-7-18(22)8-10-19/h3-12,14H,13H2,1-2H3,(H,24,26)/t14-/m1/s1. The van der Waals surface area contributed by atoms with Gasteiger partial charge in [0, 0.05) is 35.0 Å². The molecule has 0 aliphatic heterocycles. The van der Waals surface area contributed by atoms with E-state index in [-0.39, 0.29) is 17.7 Å². The van der Waals surface area contributed by atoms with E-state index >= 15 is 0 Å². The molecular weight excluding hydrogens is 438 g/mol. The maximum Gasteiger partial charge on any atom is 0.217 e. The Morgan fingerprint density at radius 3 is 2.46 bits per heavy atom. The van der Waals surface area contributed by atoms with Crippen molar-refractivity contribution in [1.29, 1.82) is 0 Å². The van der Waals surface area contributed by atoms with Gasteiger partial charge in [-0.25, -0.2) is 4.98 Å². The molecule has 0 bridgehead atoms. The van der Waals surface area contributed by atoms with Gasteiger partial charge in [-0.15, -0.1) is 0 Å². The fourth-order valence-corrected chi connectivity index (χ4v) is 3.89. The highest BCUT2D eigenvalue weighted by molar-refractivity contribution is 9.10. The molecule has 144 valence electrons. The number of nitrogens with zero attached hydrogens (tertiary/aromatic N) is 2. The molecule has 1 N–H and O–H groups in total. The minimum Gasteiger partial charge on any atom is -0.350 e. The van der Waals surface area contributed by atoms with Crippen LogP contribution in [0.15, 0.2) is 70.6 Å². The van der Waals surface area contributed by atoms with Crippen molar-refractivity contribution in [3.63, 3.8) is 0 Å². The fraction of sp³-hybridized carbons (Fsp3) is 0.190. The number of amides is 1. The summed E-state index contributed by atoms with van der Waals surface area (Å²) in [7, 11) is 0. The Balaban J connectivity index is 1.64. The molecule has 0 aliphatic carbocycles. The Kier molecular flexibility index (Phi) is 6.70. The summed E-state index contributed by atoms with van der Waals surface area (Å²) in [5, 5.41) is 3.60. The number of rotatable bonds is 7. The van der Waals surface area contributed by atoms with Crippen molar-refractivity contribution in [2.45, 2.75) is 25.0 Å². The average Bonchev–Trinajstić information content (AvgIpc) is 3.15. The van der Waals surface area contributed by atoms with E-state index in [0.29, 0.717) is 11.3 Å². The molecule has 1 amide bonds. The number of nitrogens with one attached hydrogen (secondary N) is 1. The quantitative estimate of drug-likeness (QED) is 0.408. The molecule has 1 atom stereocenters. The van der Waals surface area contributed by atoms with Crippen molar-refractivity contribution in [2.75, 3.05) is 5.75 Å². The first-order chi connectivity index (χ1) is 13.4. The van der Waals surface area contributed by atoms with Crippen molar-refractivity contribution in [1.82, 2.24) is 14.9 Å². The summed E-state index contributed by atoms with van der Waals surface area (Å²) in [6.45, 7) is 3.40. The van der Waals surface area contributed by atoms with Crippen molar-refractivity contribution in [2.24, 2.45) is 0 Å². The third-order valence-corrected chi connectivity index (χ3v) is 5.69. The van der Waals surface area contributed by atoms with Crippen LogP contribution in [-0.4, -0.2) is 27.0 Å². The Hall–Kier alpha value is -2.38. The lowest BCUT2D eigenvalue weighted by molar-refractivity contribution is -0.119. The van der Waals surface area contributed by atoms with Crippen LogP contribution in [0.25, 0.3) is 5.69 Å². The summed E-state index contributed by atoms with van der Waals surface area (Å²) >= 11 is 4.84. The third kappa shape index (κ3) is 5.11. The van der Waals surface area contributed by atoms with Crippen molar-refractivity contribution in [3.8, 4) is 5.69 Å². The second-order valence-corrected chi connectivity index (χ2v) is 8.17. The zero-order chi connectivity index (χ0) is 20.1. The van der Waals surface area contributed by atoms with Crippen LogP contribution in [-0.2, 0) is 4.79 Å². The molecular formula is C21H20BrN3O2S. The highest BCUT2D eigenvalue weighted by atomic mass is 79.9. The molecule has 28 heavy (non-hydrogen) atoms. The molecule has 2 aromatic carbocycles. The first-order valence-corrected chi connectivity index (χ1v) is 10.5. The lowest BCUT2D eigenvalue weighted by Gasteiger charge is -2.13. The maximum absolute atomic E-state index is 12.6. The van der Waals surface area contributed by atoms with Gasteiger partial charge in [-0.05, 0) is 36.8 Å². The second kappa shape index (κ2) is 9.21. The van der Waals surface area contributed by atoms with Gasteiger partial charge >= 0.3 is 0 Å². The van der Waals surface area contributed by atoms with Gasteiger partial charge < -0.3 is 5.32 Å². The maximum atomic E-state index is 12.6. The SMILES string of the molecule is CC(=O)N[C@H](C)c1ccc(C(=O)CSc2nccn2-c2ccc(Br)cc2)cc1. The number of aromatic nitrogens is 2. The van der Waals surface area contributed by atoms with Gasteiger partial charge in [-0.3, -0.25) is 14.2 Å². The molecule has 1 aromatic heterocycles. The van der Waals surface area contributed by atoms with Gasteiger partial charge in [0.15, 0.2) is 10.9 Å². The predicted molar refractivity (Wildman–Crippen MR) is 115 cm³/mol. The first-order valence-electron chi connectivity index (χ1n) is 8.76. The summed E-state index contributed by atoms with van der Waals surface area (Å²) in [5.41, 5.74) is 2.60.